The number of carbonyl (C=O) groups is 3. The molecule has 0 spiro atoms. The molecule has 2 fully saturated rings. The Morgan fingerprint density at radius 2 is 1.88 bits per heavy atom. The monoisotopic (exact) mass is 454 g/mol. The first-order valence-corrected chi connectivity index (χ1v) is 12.6. The molecule has 1 saturated heterocycles. The Morgan fingerprint density at radius 3 is 2.55 bits per heavy atom. The Morgan fingerprint density at radius 1 is 1.15 bits per heavy atom. The highest BCUT2D eigenvalue weighted by Gasteiger charge is 2.35. The van der Waals surface area contributed by atoms with Crippen LogP contribution in [0.5, 0.6) is 0 Å². The van der Waals surface area contributed by atoms with Crippen LogP contribution in [0.3, 0.4) is 0 Å². The van der Waals surface area contributed by atoms with E-state index in [1.807, 2.05) is 24.9 Å². The summed E-state index contributed by atoms with van der Waals surface area (Å²) in [6, 6.07) is 5.36. The van der Waals surface area contributed by atoms with Gasteiger partial charge in [-0.2, -0.15) is 0 Å². The fourth-order valence-corrected chi connectivity index (χ4v) is 5.19. The number of piperidine rings is 1. The van der Waals surface area contributed by atoms with Gasteiger partial charge in [0.2, 0.25) is 0 Å². The van der Waals surface area contributed by atoms with E-state index in [-0.39, 0.29) is 36.2 Å². The van der Waals surface area contributed by atoms with Crippen LogP contribution in [0.2, 0.25) is 0 Å². The second kappa shape index (κ2) is 10.2. The summed E-state index contributed by atoms with van der Waals surface area (Å²) in [4.78, 5) is 45.0. The molecule has 3 aliphatic rings. The summed E-state index contributed by atoms with van der Waals surface area (Å²) in [6.07, 6.45) is 6.07. The van der Waals surface area contributed by atoms with Crippen LogP contribution in [-0.4, -0.2) is 72.8 Å². The fraction of sp³-hybridized carbons (Fsp3) is 0.654. The zero-order valence-corrected chi connectivity index (χ0v) is 20.3. The summed E-state index contributed by atoms with van der Waals surface area (Å²) >= 11 is 0. The summed E-state index contributed by atoms with van der Waals surface area (Å²) in [5.41, 5.74) is 2.08. The minimum Gasteiger partial charge on any atom is -0.352 e. The van der Waals surface area contributed by atoms with Crippen molar-refractivity contribution in [2.24, 2.45) is 5.92 Å². The molecular weight excluding hydrogens is 416 g/mol. The number of hydrogen-bond acceptors (Lipinski definition) is 4. The molecule has 180 valence electrons. The lowest BCUT2D eigenvalue weighted by Crippen LogP contribution is -2.52. The lowest BCUT2D eigenvalue weighted by Gasteiger charge is -2.40. The number of nitrogens with one attached hydrogen (secondary N) is 1. The van der Waals surface area contributed by atoms with E-state index in [2.05, 4.69) is 17.1 Å². The van der Waals surface area contributed by atoms with Crippen molar-refractivity contribution in [3.05, 3.63) is 29.3 Å². The highest BCUT2D eigenvalue weighted by Crippen LogP contribution is 2.32. The average molecular weight is 455 g/mol. The Bertz CT molecular complexity index is 890. The fourth-order valence-electron chi connectivity index (χ4n) is 5.19. The molecule has 7 nitrogen and oxygen atoms in total. The van der Waals surface area contributed by atoms with E-state index in [1.165, 1.54) is 12.8 Å². The highest BCUT2D eigenvalue weighted by atomic mass is 16.2. The Hall–Kier alpha value is -2.41. The van der Waals surface area contributed by atoms with Gasteiger partial charge in [-0.1, -0.05) is 19.8 Å². The number of carbonyl (C=O) groups excluding carboxylic acids is 3. The molecule has 1 aromatic rings. The third-order valence-corrected chi connectivity index (χ3v) is 7.55. The molecule has 1 aromatic carbocycles. The second-order valence-corrected chi connectivity index (χ2v) is 10.0. The first-order chi connectivity index (χ1) is 15.9. The van der Waals surface area contributed by atoms with Crippen molar-refractivity contribution >= 4 is 23.4 Å². The molecule has 1 N–H and O–H groups in total. The molecule has 1 aliphatic carbocycles. The number of anilines is 1. The third kappa shape index (κ3) is 5.57. The number of fused-ring (bicyclic) bond motifs is 1. The molecular formula is C26H38N4O3. The first-order valence-electron chi connectivity index (χ1n) is 12.6. The van der Waals surface area contributed by atoms with Gasteiger partial charge < -0.3 is 15.1 Å². The number of likely N-dealkylation sites (tertiary alicyclic amines) is 1. The largest absolute Gasteiger partial charge is 0.352 e. The number of benzene rings is 1. The number of rotatable bonds is 6. The SMILES string of the molecule is CCN1CCC(N(C)C(=O)N2c3ccc(C(=O)NCCC4CC4)cc3CC(=O)C[C@@H]2C)CC1. The summed E-state index contributed by atoms with van der Waals surface area (Å²) in [7, 11) is 1.88. The first kappa shape index (κ1) is 23.7. The molecule has 7 heteroatoms. The number of amides is 3. The van der Waals surface area contributed by atoms with Crippen LogP contribution >= 0.6 is 0 Å². The summed E-state index contributed by atoms with van der Waals surface area (Å²) in [5.74, 6) is 0.757. The number of hydrogen-bond donors (Lipinski definition) is 1. The minimum absolute atomic E-state index is 0.0602. The standard InChI is InChI=1S/C26H38N4O3/c1-4-29-13-10-22(11-14-29)28(3)26(33)30-18(2)15-23(31)17-21-16-20(7-8-24(21)30)25(32)27-12-9-19-5-6-19/h7-8,16,18-19,22H,4-6,9-15,17H2,1-3H3,(H,27,32)/t18-/m0/s1. The zero-order chi connectivity index (χ0) is 23.5. The van der Waals surface area contributed by atoms with Crippen LogP contribution in [0.15, 0.2) is 18.2 Å². The predicted octanol–water partition coefficient (Wildman–Crippen LogP) is 3.46. The number of nitrogens with zero attached hydrogens (tertiary/aromatic N) is 3. The minimum atomic E-state index is -0.220. The van der Waals surface area contributed by atoms with Gasteiger partial charge in [0, 0.05) is 62.9 Å². The summed E-state index contributed by atoms with van der Waals surface area (Å²) < 4.78 is 0. The second-order valence-electron chi connectivity index (χ2n) is 10.0. The smallest absolute Gasteiger partial charge is 0.324 e. The average Bonchev–Trinajstić information content (AvgIpc) is 3.64. The molecule has 1 atom stereocenters. The Labute approximate surface area is 197 Å². The van der Waals surface area contributed by atoms with E-state index in [9.17, 15) is 14.4 Å². The van der Waals surface area contributed by atoms with Crippen molar-refractivity contribution in [3.8, 4) is 0 Å². The maximum absolute atomic E-state index is 13.7. The van der Waals surface area contributed by atoms with Crippen LogP contribution in [0.1, 0.15) is 68.3 Å². The van der Waals surface area contributed by atoms with Crippen LogP contribution in [-0.2, 0) is 11.2 Å². The molecule has 33 heavy (non-hydrogen) atoms. The normalized spacial score (nSPS) is 22.0. The van der Waals surface area contributed by atoms with Gasteiger partial charge in [0.1, 0.15) is 5.78 Å². The van der Waals surface area contributed by atoms with Crippen molar-refractivity contribution in [1.29, 1.82) is 0 Å². The zero-order valence-electron chi connectivity index (χ0n) is 20.3. The highest BCUT2D eigenvalue weighted by molar-refractivity contribution is 6.00. The van der Waals surface area contributed by atoms with Crippen molar-refractivity contribution in [2.75, 3.05) is 38.1 Å². The van der Waals surface area contributed by atoms with E-state index in [4.69, 9.17) is 0 Å². The lowest BCUT2D eigenvalue weighted by atomic mass is 10.0. The predicted molar refractivity (Wildman–Crippen MR) is 130 cm³/mol. The van der Waals surface area contributed by atoms with Gasteiger partial charge >= 0.3 is 6.03 Å². The van der Waals surface area contributed by atoms with Crippen molar-refractivity contribution in [1.82, 2.24) is 15.1 Å². The maximum atomic E-state index is 13.7. The van der Waals surface area contributed by atoms with Crippen molar-refractivity contribution in [3.63, 3.8) is 0 Å². The van der Waals surface area contributed by atoms with E-state index >= 15 is 0 Å². The van der Waals surface area contributed by atoms with Crippen LogP contribution in [0.4, 0.5) is 10.5 Å². The summed E-state index contributed by atoms with van der Waals surface area (Å²) in [5, 5.41) is 3.00. The molecule has 0 radical (unpaired) electrons. The van der Waals surface area contributed by atoms with Gasteiger partial charge in [-0.05, 0) is 62.4 Å². The molecule has 0 unspecified atom stereocenters. The van der Waals surface area contributed by atoms with Crippen molar-refractivity contribution < 1.29 is 14.4 Å². The molecule has 2 aliphatic heterocycles. The van der Waals surface area contributed by atoms with E-state index in [0.717, 1.165) is 56.1 Å². The number of urea groups is 1. The van der Waals surface area contributed by atoms with Crippen LogP contribution in [0, 0.1) is 5.92 Å². The Balaban J connectivity index is 1.51. The van der Waals surface area contributed by atoms with E-state index in [0.29, 0.717) is 18.5 Å². The van der Waals surface area contributed by atoms with Crippen LogP contribution < -0.4 is 10.2 Å². The molecule has 0 bridgehead atoms. The van der Waals surface area contributed by atoms with E-state index < -0.39 is 0 Å². The molecule has 2 heterocycles. The van der Waals surface area contributed by atoms with Crippen LogP contribution in [0.25, 0.3) is 0 Å². The van der Waals surface area contributed by atoms with Crippen molar-refractivity contribution in [2.45, 2.75) is 70.9 Å². The van der Waals surface area contributed by atoms with Gasteiger partial charge in [-0.15, -0.1) is 0 Å². The number of Topliss-reactive ketones (excluding diaryl/α,β-unsaturated/α-hetero) is 1. The van der Waals surface area contributed by atoms with Gasteiger partial charge in [-0.25, -0.2) is 4.79 Å². The lowest BCUT2D eigenvalue weighted by molar-refractivity contribution is -0.118. The van der Waals surface area contributed by atoms with Gasteiger partial charge in [-0.3, -0.25) is 14.5 Å². The summed E-state index contributed by atoms with van der Waals surface area (Å²) in [6.45, 7) is 7.84. The van der Waals surface area contributed by atoms with Gasteiger partial charge in [0.15, 0.2) is 0 Å². The molecule has 0 aromatic heterocycles. The maximum Gasteiger partial charge on any atom is 0.324 e. The number of ketones is 1. The quantitative estimate of drug-likeness (QED) is 0.715. The van der Waals surface area contributed by atoms with Gasteiger partial charge in [0.25, 0.3) is 5.91 Å². The molecule has 3 amide bonds. The topological polar surface area (TPSA) is 73.0 Å². The Kier molecular flexibility index (Phi) is 7.37. The third-order valence-electron chi connectivity index (χ3n) is 7.55. The van der Waals surface area contributed by atoms with Gasteiger partial charge in [0.05, 0.1) is 0 Å². The molecule has 4 rings (SSSR count). The van der Waals surface area contributed by atoms with E-state index in [1.54, 1.807) is 17.0 Å². The molecule has 1 saturated carbocycles.